The number of halogens is 1. The Kier molecular flexibility index (Phi) is 6.87. The first-order chi connectivity index (χ1) is 19.2. The van der Waals surface area contributed by atoms with E-state index in [1.54, 1.807) is 6.26 Å². The lowest BCUT2D eigenvalue weighted by Crippen LogP contribution is -2.52. The Bertz CT molecular complexity index is 1470. The molecule has 3 aromatic rings. The second-order valence-corrected chi connectivity index (χ2v) is 12.3. The second-order valence-electron chi connectivity index (χ2n) is 11.8. The van der Waals surface area contributed by atoms with E-state index in [1.165, 1.54) is 5.56 Å². The van der Waals surface area contributed by atoms with Crippen molar-refractivity contribution in [3.8, 4) is 0 Å². The number of piperazine rings is 1. The highest BCUT2D eigenvalue weighted by Crippen LogP contribution is 2.48. The van der Waals surface area contributed by atoms with Gasteiger partial charge in [0.2, 0.25) is 5.91 Å². The second kappa shape index (κ2) is 10.4. The molecule has 2 aliphatic heterocycles. The Hall–Kier alpha value is -3.71. The minimum atomic E-state index is -0.496. The summed E-state index contributed by atoms with van der Waals surface area (Å²) in [4.78, 5) is 33.9. The van der Waals surface area contributed by atoms with Crippen LogP contribution in [-0.4, -0.2) is 49.3 Å². The minimum absolute atomic E-state index is 0.0291. The summed E-state index contributed by atoms with van der Waals surface area (Å²) < 4.78 is 5.94. The first kappa shape index (κ1) is 26.5. The van der Waals surface area contributed by atoms with Gasteiger partial charge >= 0.3 is 0 Å². The number of ketones is 1. The Morgan fingerprint density at radius 3 is 2.55 bits per heavy atom. The van der Waals surface area contributed by atoms with Crippen LogP contribution in [0.5, 0.6) is 0 Å². The van der Waals surface area contributed by atoms with Crippen molar-refractivity contribution in [1.29, 1.82) is 0 Å². The van der Waals surface area contributed by atoms with E-state index in [2.05, 4.69) is 35.9 Å². The number of furan rings is 1. The number of Topliss-reactive ketones (excluding diaryl/α,β-unsaturated/α-hetero) is 1. The van der Waals surface area contributed by atoms with Crippen molar-refractivity contribution in [3.05, 3.63) is 88.5 Å². The highest BCUT2D eigenvalue weighted by atomic mass is 35.5. The molecule has 1 atom stereocenters. The molecular weight excluding hydrogens is 524 g/mol. The van der Waals surface area contributed by atoms with Gasteiger partial charge in [-0.15, -0.1) is 0 Å². The lowest BCUT2D eigenvalue weighted by Gasteiger charge is -2.39. The van der Waals surface area contributed by atoms with Gasteiger partial charge in [0.25, 0.3) is 0 Å². The van der Waals surface area contributed by atoms with E-state index in [0.717, 1.165) is 42.3 Å². The number of nitrogens with zero attached hydrogens (tertiary/aromatic N) is 3. The maximum atomic E-state index is 13.9. The molecule has 1 fully saturated rings. The van der Waals surface area contributed by atoms with E-state index in [1.807, 2.05) is 59.5 Å². The number of fused-ring (bicyclic) bond motifs is 1. The number of carbonyl (C=O) groups is 2. The van der Waals surface area contributed by atoms with Gasteiger partial charge in [-0.1, -0.05) is 43.6 Å². The summed E-state index contributed by atoms with van der Waals surface area (Å²) in [6.45, 7) is 9.16. The molecule has 1 amide bonds. The fraction of sp³-hybridized carbons (Fsp3) is 0.375. The molecule has 0 saturated carbocycles. The van der Waals surface area contributed by atoms with E-state index in [9.17, 15) is 9.59 Å². The van der Waals surface area contributed by atoms with E-state index in [4.69, 9.17) is 16.0 Å². The summed E-state index contributed by atoms with van der Waals surface area (Å²) in [5.41, 5.74) is 5.51. The maximum Gasteiger partial charge on any atom is 0.242 e. The highest BCUT2D eigenvalue weighted by molar-refractivity contribution is 6.30. The number of anilines is 3. The van der Waals surface area contributed by atoms with Gasteiger partial charge in [-0.3, -0.25) is 9.59 Å². The van der Waals surface area contributed by atoms with Crippen molar-refractivity contribution in [3.63, 3.8) is 0 Å². The summed E-state index contributed by atoms with van der Waals surface area (Å²) in [5.74, 6) is 0.783. The molecule has 1 aliphatic carbocycles. The predicted molar refractivity (Wildman–Crippen MR) is 159 cm³/mol. The number of hydrogen-bond donors (Lipinski definition) is 1. The highest BCUT2D eigenvalue weighted by Gasteiger charge is 2.43. The molecule has 1 unspecified atom stereocenters. The standard InChI is InChI=1S/C32H35ClN4O3/c1-21-10-11-22(33)17-26(21)35-12-14-36(15-13-35)29(39)20-37-25-8-5-4-7-23(25)34-24-18-32(2,3)19-27(38)30(24)31(37)28-9-6-16-40-28/h4-11,16-17,31,34H,12-15,18-20H2,1-3H3. The molecule has 208 valence electrons. The van der Waals surface area contributed by atoms with Crippen LogP contribution in [0.1, 0.15) is 44.1 Å². The third-order valence-electron chi connectivity index (χ3n) is 8.27. The van der Waals surface area contributed by atoms with E-state index in [-0.39, 0.29) is 23.7 Å². The zero-order valence-electron chi connectivity index (χ0n) is 23.2. The fourth-order valence-corrected chi connectivity index (χ4v) is 6.50. The zero-order chi connectivity index (χ0) is 28.0. The van der Waals surface area contributed by atoms with Gasteiger partial charge in [-0.25, -0.2) is 0 Å². The summed E-state index contributed by atoms with van der Waals surface area (Å²) in [6.07, 6.45) is 2.83. The van der Waals surface area contributed by atoms with Gasteiger partial charge < -0.3 is 24.4 Å². The van der Waals surface area contributed by atoms with Crippen molar-refractivity contribution in [2.24, 2.45) is 5.41 Å². The van der Waals surface area contributed by atoms with Gasteiger partial charge in [-0.2, -0.15) is 0 Å². The molecule has 1 saturated heterocycles. The number of benzene rings is 2. The number of carbonyl (C=O) groups excluding carboxylic acids is 2. The van der Waals surface area contributed by atoms with E-state index in [0.29, 0.717) is 35.9 Å². The average molecular weight is 559 g/mol. The van der Waals surface area contributed by atoms with Gasteiger partial charge in [-0.05, 0) is 60.7 Å². The summed E-state index contributed by atoms with van der Waals surface area (Å²) >= 11 is 6.27. The SMILES string of the molecule is Cc1ccc(Cl)cc1N1CCN(C(=O)CN2c3ccccc3NC3=C(C(=O)CC(C)(C)C3)C2c2ccco2)CC1. The molecule has 0 spiro atoms. The Balaban J connectivity index is 1.31. The number of nitrogens with one attached hydrogen (secondary N) is 1. The molecule has 1 aromatic heterocycles. The number of allylic oxidation sites excluding steroid dienone is 1. The molecule has 6 rings (SSSR count). The van der Waals surface area contributed by atoms with Crippen LogP contribution in [0.2, 0.25) is 5.02 Å². The first-order valence-electron chi connectivity index (χ1n) is 13.9. The van der Waals surface area contributed by atoms with Gasteiger partial charge in [0.15, 0.2) is 5.78 Å². The van der Waals surface area contributed by atoms with Crippen molar-refractivity contribution in [2.45, 2.75) is 39.7 Å². The van der Waals surface area contributed by atoms with Crippen molar-refractivity contribution in [1.82, 2.24) is 4.90 Å². The van der Waals surface area contributed by atoms with Crippen LogP contribution in [0.4, 0.5) is 17.1 Å². The van der Waals surface area contributed by atoms with Crippen LogP contribution >= 0.6 is 11.6 Å². The monoisotopic (exact) mass is 558 g/mol. The number of aryl methyl sites for hydroxylation is 1. The maximum absolute atomic E-state index is 13.9. The van der Waals surface area contributed by atoms with E-state index < -0.39 is 6.04 Å². The number of para-hydroxylation sites is 2. The van der Waals surface area contributed by atoms with Crippen molar-refractivity contribution >= 4 is 40.4 Å². The van der Waals surface area contributed by atoms with E-state index >= 15 is 0 Å². The third-order valence-corrected chi connectivity index (χ3v) is 8.50. The molecular formula is C32H35ClN4O3. The average Bonchev–Trinajstić information content (AvgIpc) is 3.41. The largest absolute Gasteiger partial charge is 0.467 e. The Morgan fingerprint density at radius 1 is 1.02 bits per heavy atom. The normalized spacial score (nSPS) is 20.6. The van der Waals surface area contributed by atoms with Crippen LogP contribution in [0.15, 0.2) is 76.5 Å². The van der Waals surface area contributed by atoms with Gasteiger partial charge in [0.1, 0.15) is 11.8 Å². The van der Waals surface area contributed by atoms with Crippen LogP contribution < -0.4 is 15.1 Å². The van der Waals surface area contributed by atoms with Gasteiger partial charge in [0.05, 0.1) is 24.2 Å². The number of rotatable bonds is 4. The summed E-state index contributed by atoms with van der Waals surface area (Å²) in [5, 5.41) is 4.30. The smallest absolute Gasteiger partial charge is 0.242 e. The lowest BCUT2D eigenvalue weighted by atomic mass is 9.74. The fourth-order valence-electron chi connectivity index (χ4n) is 6.34. The van der Waals surface area contributed by atoms with Crippen LogP contribution in [-0.2, 0) is 9.59 Å². The van der Waals surface area contributed by atoms with Gasteiger partial charge in [0, 0.05) is 54.6 Å². The quantitative estimate of drug-likeness (QED) is 0.411. The van der Waals surface area contributed by atoms with Crippen LogP contribution in [0.3, 0.4) is 0 Å². The topological polar surface area (TPSA) is 69.0 Å². The molecule has 7 nitrogen and oxygen atoms in total. The molecule has 40 heavy (non-hydrogen) atoms. The molecule has 0 bridgehead atoms. The predicted octanol–water partition coefficient (Wildman–Crippen LogP) is 6.21. The van der Waals surface area contributed by atoms with Crippen LogP contribution in [0, 0.1) is 12.3 Å². The summed E-state index contributed by atoms with van der Waals surface area (Å²) in [7, 11) is 0. The van der Waals surface area contributed by atoms with Crippen LogP contribution in [0.25, 0.3) is 0 Å². The molecule has 2 aromatic carbocycles. The first-order valence-corrected chi connectivity index (χ1v) is 14.3. The Labute approximate surface area is 240 Å². The summed E-state index contributed by atoms with van der Waals surface area (Å²) in [6, 6.07) is 17.2. The lowest BCUT2D eigenvalue weighted by molar-refractivity contribution is -0.130. The zero-order valence-corrected chi connectivity index (χ0v) is 24.0. The third kappa shape index (κ3) is 4.99. The number of hydrogen-bond acceptors (Lipinski definition) is 6. The van der Waals surface area contributed by atoms with Crippen molar-refractivity contribution < 1.29 is 14.0 Å². The Morgan fingerprint density at radius 2 is 1.80 bits per heavy atom. The minimum Gasteiger partial charge on any atom is -0.467 e. The van der Waals surface area contributed by atoms with Crippen molar-refractivity contribution in [2.75, 3.05) is 47.8 Å². The molecule has 1 N–H and O–H groups in total. The molecule has 0 radical (unpaired) electrons. The molecule has 3 heterocycles. The molecule has 3 aliphatic rings. The molecule has 8 heteroatoms. The number of amides is 1.